The second-order valence-corrected chi connectivity index (χ2v) is 13.4. The first-order valence-electron chi connectivity index (χ1n) is 14.4. The van der Waals surface area contributed by atoms with Crippen LogP contribution in [-0.2, 0) is 32.6 Å². The van der Waals surface area contributed by atoms with Crippen molar-refractivity contribution in [2.45, 2.75) is 50.2 Å². The Morgan fingerprint density at radius 2 is 1.51 bits per heavy atom. The molecule has 2 atom stereocenters. The molecule has 0 saturated carbocycles. The molecule has 0 heterocycles. The second kappa shape index (κ2) is 15.4. The summed E-state index contributed by atoms with van der Waals surface area (Å²) < 4.78 is 42.9. The molecule has 0 radical (unpaired) electrons. The van der Waals surface area contributed by atoms with Crippen molar-refractivity contribution in [3.05, 3.63) is 130 Å². The van der Waals surface area contributed by atoms with E-state index in [0.29, 0.717) is 17.0 Å². The molecule has 0 saturated heterocycles. The highest BCUT2D eigenvalue weighted by molar-refractivity contribution is 7.92. The standard InChI is InChI=1S/C34H34Cl2FN3O4S/c1-3-24(2)38-34(42)32(20-25-8-5-4-6-9-25)39(22-26-12-16-29(37)17-13-26)33(41)23-40(30-11-7-10-28(36)21-30)45(43,44)31-18-14-27(35)15-19-31/h4-19,21,24,32H,3,20,22-23H2,1-2H3,(H,38,42). The molecule has 4 aromatic carbocycles. The van der Waals surface area contributed by atoms with Crippen molar-refractivity contribution in [2.75, 3.05) is 10.8 Å². The van der Waals surface area contributed by atoms with Gasteiger partial charge in [-0.3, -0.25) is 13.9 Å². The van der Waals surface area contributed by atoms with Crippen LogP contribution in [0.25, 0.3) is 0 Å². The third-order valence-electron chi connectivity index (χ3n) is 7.31. The van der Waals surface area contributed by atoms with Crippen LogP contribution in [0.3, 0.4) is 0 Å². The van der Waals surface area contributed by atoms with E-state index in [1.54, 1.807) is 12.1 Å². The minimum absolute atomic E-state index is 0.0745. The van der Waals surface area contributed by atoms with Crippen LogP contribution in [0, 0.1) is 5.82 Å². The highest BCUT2D eigenvalue weighted by Gasteiger charge is 2.35. The number of sulfonamides is 1. The Morgan fingerprint density at radius 1 is 0.844 bits per heavy atom. The fraction of sp³-hybridized carbons (Fsp3) is 0.235. The van der Waals surface area contributed by atoms with Gasteiger partial charge in [0.05, 0.1) is 10.6 Å². The Kier molecular flexibility index (Phi) is 11.6. The number of amides is 2. The molecule has 2 unspecified atom stereocenters. The zero-order valence-corrected chi connectivity index (χ0v) is 27.2. The Morgan fingerprint density at radius 3 is 2.13 bits per heavy atom. The third kappa shape index (κ3) is 9.06. The molecule has 0 aliphatic rings. The van der Waals surface area contributed by atoms with Crippen LogP contribution in [0.5, 0.6) is 0 Å². The average molecular weight is 671 g/mol. The summed E-state index contributed by atoms with van der Waals surface area (Å²) in [5.74, 6) is -1.48. The van der Waals surface area contributed by atoms with Gasteiger partial charge in [-0.2, -0.15) is 0 Å². The normalized spacial score (nSPS) is 12.6. The van der Waals surface area contributed by atoms with E-state index in [1.165, 1.54) is 65.6 Å². The number of nitrogens with one attached hydrogen (secondary N) is 1. The van der Waals surface area contributed by atoms with Crippen LogP contribution in [0.1, 0.15) is 31.4 Å². The number of benzene rings is 4. The maximum atomic E-state index is 14.4. The van der Waals surface area contributed by atoms with Gasteiger partial charge in [0, 0.05) is 29.1 Å². The molecule has 0 spiro atoms. The number of rotatable bonds is 13. The molecule has 0 fully saturated rings. The van der Waals surface area contributed by atoms with Crippen LogP contribution in [0.2, 0.25) is 10.0 Å². The Bertz CT molecular complexity index is 1710. The third-order valence-corrected chi connectivity index (χ3v) is 9.59. The summed E-state index contributed by atoms with van der Waals surface area (Å²) in [5, 5.41) is 3.60. The molecule has 0 aliphatic heterocycles. The van der Waals surface area contributed by atoms with Crippen LogP contribution in [0.4, 0.5) is 10.1 Å². The number of anilines is 1. The van der Waals surface area contributed by atoms with E-state index in [-0.39, 0.29) is 34.6 Å². The van der Waals surface area contributed by atoms with Crippen molar-refractivity contribution < 1.29 is 22.4 Å². The van der Waals surface area contributed by atoms with E-state index in [9.17, 15) is 22.4 Å². The van der Waals surface area contributed by atoms with E-state index in [2.05, 4.69) is 5.32 Å². The van der Waals surface area contributed by atoms with Crippen molar-refractivity contribution in [2.24, 2.45) is 0 Å². The van der Waals surface area contributed by atoms with Gasteiger partial charge >= 0.3 is 0 Å². The van der Waals surface area contributed by atoms with E-state index < -0.39 is 40.2 Å². The minimum Gasteiger partial charge on any atom is -0.352 e. The average Bonchev–Trinajstić information content (AvgIpc) is 3.02. The predicted molar refractivity (Wildman–Crippen MR) is 176 cm³/mol. The smallest absolute Gasteiger partial charge is 0.264 e. The Balaban J connectivity index is 1.80. The van der Waals surface area contributed by atoms with Crippen molar-refractivity contribution in [1.29, 1.82) is 0 Å². The van der Waals surface area contributed by atoms with Crippen LogP contribution >= 0.6 is 23.2 Å². The zero-order valence-electron chi connectivity index (χ0n) is 24.9. The molecular formula is C34H34Cl2FN3O4S. The molecule has 11 heteroatoms. The van der Waals surface area contributed by atoms with Gasteiger partial charge in [0.1, 0.15) is 18.4 Å². The van der Waals surface area contributed by atoms with Crippen LogP contribution in [-0.4, -0.2) is 43.8 Å². The second-order valence-electron chi connectivity index (χ2n) is 10.6. The number of hydrogen-bond acceptors (Lipinski definition) is 4. The molecule has 45 heavy (non-hydrogen) atoms. The molecule has 4 aromatic rings. The SMILES string of the molecule is CCC(C)NC(=O)C(Cc1ccccc1)N(Cc1ccc(F)cc1)C(=O)CN(c1cccc(Cl)c1)S(=O)(=O)c1ccc(Cl)cc1. The minimum atomic E-state index is -4.30. The zero-order chi connectivity index (χ0) is 32.6. The monoisotopic (exact) mass is 669 g/mol. The summed E-state index contributed by atoms with van der Waals surface area (Å²) in [6.07, 6.45) is 0.828. The number of carbonyl (C=O) groups excluding carboxylic acids is 2. The quantitative estimate of drug-likeness (QED) is 0.168. The fourth-order valence-electron chi connectivity index (χ4n) is 4.68. The number of halogens is 3. The van der Waals surface area contributed by atoms with E-state index in [1.807, 2.05) is 44.2 Å². The first-order valence-corrected chi connectivity index (χ1v) is 16.6. The lowest BCUT2D eigenvalue weighted by Crippen LogP contribution is -2.54. The number of nitrogens with zero attached hydrogens (tertiary/aromatic N) is 2. The number of hydrogen-bond donors (Lipinski definition) is 1. The summed E-state index contributed by atoms with van der Waals surface area (Å²) in [7, 11) is -4.30. The molecule has 4 rings (SSSR count). The van der Waals surface area contributed by atoms with Gasteiger partial charge in [-0.25, -0.2) is 12.8 Å². The van der Waals surface area contributed by atoms with Gasteiger partial charge in [-0.15, -0.1) is 0 Å². The van der Waals surface area contributed by atoms with Gasteiger partial charge in [0.2, 0.25) is 11.8 Å². The molecule has 1 N–H and O–H groups in total. The summed E-state index contributed by atoms with van der Waals surface area (Å²) >= 11 is 12.3. The summed E-state index contributed by atoms with van der Waals surface area (Å²) in [5.41, 5.74) is 1.53. The lowest BCUT2D eigenvalue weighted by Gasteiger charge is -2.34. The van der Waals surface area contributed by atoms with Gasteiger partial charge in [0.15, 0.2) is 0 Å². The first kappa shape index (κ1) is 34.0. The molecule has 0 aromatic heterocycles. The van der Waals surface area contributed by atoms with Gasteiger partial charge in [-0.05, 0) is 79.1 Å². The predicted octanol–water partition coefficient (Wildman–Crippen LogP) is 6.88. The van der Waals surface area contributed by atoms with Crippen molar-refractivity contribution in [3.8, 4) is 0 Å². The highest BCUT2D eigenvalue weighted by Crippen LogP contribution is 2.28. The van der Waals surface area contributed by atoms with Gasteiger partial charge < -0.3 is 10.2 Å². The lowest BCUT2D eigenvalue weighted by atomic mass is 10.0. The molecule has 0 aliphatic carbocycles. The molecular weight excluding hydrogens is 636 g/mol. The van der Waals surface area contributed by atoms with E-state index in [0.717, 1.165) is 9.87 Å². The van der Waals surface area contributed by atoms with Gasteiger partial charge in [-0.1, -0.05) is 78.7 Å². The molecule has 0 bridgehead atoms. The largest absolute Gasteiger partial charge is 0.352 e. The van der Waals surface area contributed by atoms with E-state index in [4.69, 9.17) is 23.2 Å². The molecule has 2 amide bonds. The Labute approximate surface area is 273 Å². The summed E-state index contributed by atoms with van der Waals surface area (Å²) in [4.78, 5) is 29.5. The number of carbonyl (C=O) groups is 2. The summed E-state index contributed by atoms with van der Waals surface area (Å²) in [6.45, 7) is 3.08. The highest BCUT2D eigenvalue weighted by atomic mass is 35.5. The van der Waals surface area contributed by atoms with Crippen LogP contribution < -0.4 is 9.62 Å². The maximum Gasteiger partial charge on any atom is 0.264 e. The van der Waals surface area contributed by atoms with E-state index >= 15 is 0 Å². The molecule has 7 nitrogen and oxygen atoms in total. The Hall–Kier alpha value is -3.92. The van der Waals surface area contributed by atoms with Crippen molar-refractivity contribution >= 4 is 50.7 Å². The maximum absolute atomic E-state index is 14.4. The first-order chi connectivity index (χ1) is 21.5. The van der Waals surface area contributed by atoms with Gasteiger partial charge in [0.25, 0.3) is 10.0 Å². The van der Waals surface area contributed by atoms with Crippen molar-refractivity contribution in [1.82, 2.24) is 10.2 Å². The topological polar surface area (TPSA) is 86.8 Å². The fourth-order valence-corrected chi connectivity index (χ4v) is 6.39. The lowest BCUT2D eigenvalue weighted by molar-refractivity contribution is -0.140. The molecule has 236 valence electrons. The van der Waals surface area contributed by atoms with Crippen LogP contribution in [0.15, 0.2) is 108 Å². The van der Waals surface area contributed by atoms with Crippen molar-refractivity contribution in [3.63, 3.8) is 0 Å². The summed E-state index contributed by atoms with van der Waals surface area (Å²) in [6, 6.07) is 25.4.